The molecule has 5 aliphatic rings. The zero-order valence-corrected chi connectivity index (χ0v) is 20.8. The van der Waals surface area contributed by atoms with Crippen LogP contribution >= 0.6 is 11.6 Å². The molecule has 3 N–H and O–H groups in total. The van der Waals surface area contributed by atoms with Crippen LogP contribution in [0.2, 0.25) is 5.02 Å². The fourth-order valence-corrected chi connectivity index (χ4v) is 6.24. The zero-order chi connectivity index (χ0) is 26.9. The van der Waals surface area contributed by atoms with Gasteiger partial charge in [0.2, 0.25) is 0 Å². The SMILES string of the molecule is O=C(NC12CC(n3cnc(C(=O)N4CCN[C@@H](OC(F)(F)F)C4)c3)(C1)C2)[C@H]1C[C@@H](O)c2cc(Cl)ccc2O1. The van der Waals surface area contributed by atoms with Crippen molar-refractivity contribution in [2.45, 2.75) is 61.6 Å². The Balaban J connectivity index is 1.04. The average Bonchev–Trinajstić information content (AvgIpc) is 3.29. The Hall–Kier alpha value is -2.87. The van der Waals surface area contributed by atoms with Gasteiger partial charge in [-0.2, -0.15) is 0 Å². The van der Waals surface area contributed by atoms with Crippen molar-refractivity contribution < 1.29 is 37.3 Å². The third-order valence-electron chi connectivity index (χ3n) is 7.77. The molecule has 3 saturated carbocycles. The molecule has 38 heavy (non-hydrogen) atoms. The molecule has 14 heteroatoms. The minimum Gasteiger partial charge on any atom is -0.480 e. The van der Waals surface area contributed by atoms with E-state index in [2.05, 4.69) is 20.4 Å². The van der Waals surface area contributed by atoms with Gasteiger partial charge in [0.1, 0.15) is 17.7 Å². The van der Waals surface area contributed by atoms with Gasteiger partial charge in [0.15, 0.2) is 6.10 Å². The number of carbonyl (C=O) groups is 2. The number of fused-ring (bicyclic) bond motifs is 1. The lowest BCUT2D eigenvalue weighted by molar-refractivity contribution is -0.348. The van der Waals surface area contributed by atoms with Crippen LogP contribution in [-0.2, 0) is 15.1 Å². The molecule has 3 aliphatic carbocycles. The van der Waals surface area contributed by atoms with E-state index in [4.69, 9.17) is 16.3 Å². The normalized spacial score (nSPS) is 31.9. The van der Waals surface area contributed by atoms with Crippen molar-refractivity contribution in [3.8, 4) is 5.75 Å². The number of carbonyl (C=O) groups excluding carboxylic acids is 2. The number of benzene rings is 1. The molecular weight excluding hydrogens is 531 g/mol. The Bertz CT molecular complexity index is 1270. The van der Waals surface area contributed by atoms with E-state index in [0.717, 1.165) is 0 Å². The highest BCUT2D eigenvalue weighted by molar-refractivity contribution is 6.30. The Labute approximate surface area is 220 Å². The lowest BCUT2D eigenvalue weighted by Gasteiger charge is -2.70. The van der Waals surface area contributed by atoms with E-state index in [9.17, 15) is 27.9 Å². The quantitative estimate of drug-likeness (QED) is 0.517. The van der Waals surface area contributed by atoms with E-state index < -0.39 is 30.7 Å². The third-order valence-corrected chi connectivity index (χ3v) is 8.01. The summed E-state index contributed by atoms with van der Waals surface area (Å²) in [5.41, 5.74) is 0.0332. The minimum absolute atomic E-state index is 0.119. The predicted molar refractivity (Wildman–Crippen MR) is 125 cm³/mol. The zero-order valence-electron chi connectivity index (χ0n) is 20.0. The Morgan fingerprint density at radius 3 is 2.79 bits per heavy atom. The number of rotatable bonds is 5. The molecule has 2 bridgehead atoms. The summed E-state index contributed by atoms with van der Waals surface area (Å²) < 4.78 is 49.3. The second-order valence-electron chi connectivity index (χ2n) is 10.5. The van der Waals surface area contributed by atoms with Gasteiger partial charge in [-0.3, -0.25) is 19.6 Å². The number of hydrogen-bond donors (Lipinski definition) is 3. The molecule has 10 nitrogen and oxygen atoms in total. The van der Waals surface area contributed by atoms with Gasteiger partial charge in [-0.15, -0.1) is 13.2 Å². The topological polar surface area (TPSA) is 118 Å². The molecule has 2 amide bonds. The molecule has 0 radical (unpaired) electrons. The number of aliphatic hydroxyl groups is 1. The standard InChI is InChI=1S/C24H25ClF3N5O5/c25-13-1-2-17-14(5-13)16(34)6-18(37-17)20(35)31-22-9-23(10-22,11-22)33-7-15(30-12-33)21(36)32-4-3-29-19(8-32)38-24(26,27)28/h1-2,5,7,12,16,18-19,29,34H,3-4,6,8-11H2,(H,31,35)/t16-,18-,19+,22?,23?/m1/s1. The second-order valence-corrected chi connectivity index (χ2v) is 10.9. The predicted octanol–water partition coefficient (Wildman–Crippen LogP) is 2.08. The Morgan fingerprint density at radius 2 is 2.05 bits per heavy atom. The fraction of sp³-hybridized carbons (Fsp3) is 0.542. The highest BCUT2D eigenvalue weighted by atomic mass is 35.5. The number of aliphatic hydroxyl groups excluding tert-OH is 1. The first-order valence-electron chi connectivity index (χ1n) is 12.2. The van der Waals surface area contributed by atoms with Gasteiger partial charge in [0.05, 0.1) is 24.5 Å². The first-order chi connectivity index (χ1) is 17.9. The van der Waals surface area contributed by atoms with Crippen LogP contribution in [0.1, 0.15) is 47.8 Å². The van der Waals surface area contributed by atoms with Gasteiger partial charge >= 0.3 is 6.36 Å². The Morgan fingerprint density at radius 1 is 1.29 bits per heavy atom. The molecule has 7 rings (SSSR count). The first kappa shape index (κ1) is 25.4. The van der Waals surface area contributed by atoms with Crippen molar-refractivity contribution in [3.05, 3.63) is 47.0 Å². The number of hydrogen-bond acceptors (Lipinski definition) is 7. The highest BCUT2D eigenvalue weighted by Crippen LogP contribution is 2.65. The summed E-state index contributed by atoms with van der Waals surface area (Å²) in [5.74, 6) is -0.335. The fourth-order valence-electron chi connectivity index (χ4n) is 6.06. The maximum absolute atomic E-state index is 12.9. The summed E-state index contributed by atoms with van der Waals surface area (Å²) in [4.78, 5) is 31.3. The number of alkyl halides is 3. The van der Waals surface area contributed by atoms with E-state index in [-0.39, 0.29) is 48.7 Å². The number of imidazole rings is 1. The van der Waals surface area contributed by atoms with Crippen molar-refractivity contribution in [3.63, 3.8) is 0 Å². The number of piperazine rings is 1. The van der Waals surface area contributed by atoms with Crippen molar-refractivity contribution in [1.29, 1.82) is 0 Å². The molecule has 3 heterocycles. The smallest absolute Gasteiger partial charge is 0.480 e. The van der Waals surface area contributed by atoms with Crippen LogP contribution in [0.4, 0.5) is 13.2 Å². The summed E-state index contributed by atoms with van der Waals surface area (Å²) in [6, 6.07) is 4.90. The van der Waals surface area contributed by atoms with Crippen LogP contribution in [-0.4, -0.2) is 75.2 Å². The van der Waals surface area contributed by atoms with E-state index in [0.29, 0.717) is 35.6 Å². The third kappa shape index (κ3) is 4.51. The van der Waals surface area contributed by atoms with Gasteiger partial charge < -0.3 is 24.6 Å². The molecular formula is C24H25ClF3N5O5. The van der Waals surface area contributed by atoms with Crippen molar-refractivity contribution in [1.82, 2.24) is 25.1 Å². The van der Waals surface area contributed by atoms with E-state index in [1.807, 2.05) is 4.57 Å². The molecule has 1 aromatic heterocycles. The second kappa shape index (κ2) is 8.83. The van der Waals surface area contributed by atoms with Crippen LogP contribution in [0, 0.1) is 0 Å². The lowest BCUT2D eigenvalue weighted by Crippen LogP contribution is -2.79. The molecule has 0 unspecified atom stereocenters. The maximum Gasteiger partial charge on any atom is 0.524 e. The summed E-state index contributed by atoms with van der Waals surface area (Å²) in [7, 11) is 0. The van der Waals surface area contributed by atoms with Gasteiger partial charge in [-0.25, -0.2) is 4.98 Å². The van der Waals surface area contributed by atoms with Crippen molar-refractivity contribution in [2.24, 2.45) is 0 Å². The van der Waals surface area contributed by atoms with Gasteiger partial charge in [0.25, 0.3) is 11.8 Å². The van der Waals surface area contributed by atoms with E-state index >= 15 is 0 Å². The lowest BCUT2D eigenvalue weighted by atomic mass is 9.44. The molecule has 1 saturated heterocycles. The van der Waals surface area contributed by atoms with Crippen LogP contribution in [0.3, 0.4) is 0 Å². The Kier molecular flexibility index (Phi) is 5.91. The van der Waals surface area contributed by atoms with Gasteiger partial charge in [-0.05, 0) is 37.5 Å². The monoisotopic (exact) mass is 555 g/mol. The van der Waals surface area contributed by atoms with Crippen LogP contribution in [0.15, 0.2) is 30.7 Å². The first-order valence-corrected chi connectivity index (χ1v) is 12.6. The van der Waals surface area contributed by atoms with Gasteiger partial charge in [-0.1, -0.05) is 11.6 Å². The van der Waals surface area contributed by atoms with Crippen LogP contribution in [0.5, 0.6) is 5.75 Å². The summed E-state index contributed by atoms with van der Waals surface area (Å²) in [5, 5.41) is 16.6. The average molecular weight is 556 g/mol. The highest BCUT2D eigenvalue weighted by Gasteiger charge is 2.70. The molecule has 1 aromatic carbocycles. The molecule has 3 atom stereocenters. The van der Waals surface area contributed by atoms with Crippen molar-refractivity contribution >= 4 is 23.4 Å². The summed E-state index contributed by atoms with van der Waals surface area (Å²) in [6.07, 6.45) is -2.62. The minimum atomic E-state index is -4.80. The number of aromatic nitrogens is 2. The molecule has 2 aliphatic heterocycles. The van der Waals surface area contributed by atoms with E-state index in [1.54, 1.807) is 30.7 Å². The molecule has 0 spiro atoms. The number of nitrogens with zero attached hydrogens (tertiary/aromatic N) is 3. The number of nitrogens with one attached hydrogen (secondary N) is 2. The number of halogens is 4. The molecule has 204 valence electrons. The van der Waals surface area contributed by atoms with E-state index in [1.165, 1.54) is 4.90 Å². The van der Waals surface area contributed by atoms with Gasteiger partial charge in [0, 0.05) is 41.8 Å². The number of ether oxygens (including phenoxy) is 2. The number of amides is 2. The molecule has 4 fully saturated rings. The van der Waals surface area contributed by atoms with Crippen LogP contribution in [0.25, 0.3) is 0 Å². The molecule has 2 aromatic rings. The van der Waals surface area contributed by atoms with Crippen LogP contribution < -0.4 is 15.4 Å². The van der Waals surface area contributed by atoms with Crippen molar-refractivity contribution in [2.75, 3.05) is 19.6 Å². The summed E-state index contributed by atoms with van der Waals surface area (Å²) >= 11 is 5.99. The maximum atomic E-state index is 12.9. The summed E-state index contributed by atoms with van der Waals surface area (Å²) in [6.45, 7) is 0.153. The largest absolute Gasteiger partial charge is 0.524 e.